The molecule has 0 spiro atoms. The fraction of sp³-hybridized carbons (Fsp3) is 0.500. The predicted octanol–water partition coefficient (Wildman–Crippen LogP) is 2.34. The van der Waals surface area contributed by atoms with E-state index < -0.39 is 0 Å². The summed E-state index contributed by atoms with van der Waals surface area (Å²) < 4.78 is 5.10. The van der Waals surface area contributed by atoms with Gasteiger partial charge in [-0.1, -0.05) is 6.08 Å². The zero-order chi connectivity index (χ0) is 11.8. The van der Waals surface area contributed by atoms with Crippen LogP contribution < -0.4 is 4.74 Å². The van der Waals surface area contributed by atoms with Crippen molar-refractivity contribution in [2.45, 2.75) is 31.3 Å². The highest BCUT2D eigenvalue weighted by atomic mass is 16.5. The van der Waals surface area contributed by atoms with Gasteiger partial charge in [-0.05, 0) is 43.5 Å². The number of ether oxygens (including phenoxy) is 1. The highest BCUT2D eigenvalue weighted by Crippen LogP contribution is 2.38. The molecule has 2 aliphatic rings. The molecular weight excluding hydrogens is 212 g/mol. The van der Waals surface area contributed by atoms with E-state index >= 15 is 0 Å². The van der Waals surface area contributed by atoms with Gasteiger partial charge in [-0.2, -0.15) is 0 Å². The first-order valence-electron chi connectivity index (χ1n) is 6.22. The van der Waals surface area contributed by atoms with Crippen molar-refractivity contribution in [3.05, 3.63) is 30.0 Å². The average Bonchev–Trinajstić information content (AvgIpc) is 2.62. The number of rotatable bonds is 2. The molecule has 0 N–H and O–H groups in total. The quantitative estimate of drug-likeness (QED) is 0.779. The second-order valence-electron chi connectivity index (χ2n) is 4.90. The van der Waals surface area contributed by atoms with E-state index in [-0.39, 0.29) is 0 Å². The minimum Gasteiger partial charge on any atom is -0.481 e. The number of nitrogens with zero attached hydrogens (tertiary/aromatic N) is 2. The third kappa shape index (κ3) is 1.75. The molecule has 17 heavy (non-hydrogen) atoms. The van der Waals surface area contributed by atoms with Crippen LogP contribution in [0.4, 0.5) is 0 Å². The highest BCUT2D eigenvalue weighted by molar-refractivity contribution is 5.70. The van der Waals surface area contributed by atoms with Crippen molar-refractivity contribution < 1.29 is 4.74 Å². The smallest absolute Gasteiger partial charge is 0.212 e. The lowest BCUT2D eigenvalue weighted by Crippen LogP contribution is -2.35. The van der Waals surface area contributed by atoms with Crippen molar-refractivity contribution in [1.29, 1.82) is 0 Å². The van der Waals surface area contributed by atoms with E-state index in [1.54, 1.807) is 7.11 Å². The first-order chi connectivity index (χ1) is 8.29. The summed E-state index contributed by atoms with van der Waals surface area (Å²) in [7, 11) is 3.89. The molecule has 3 heteroatoms. The van der Waals surface area contributed by atoms with Gasteiger partial charge < -0.3 is 4.74 Å². The van der Waals surface area contributed by atoms with E-state index in [9.17, 15) is 0 Å². The molecule has 0 aliphatic carbocycles. The minimum absolute atomic E-state index is 0.587. The molecule has 0 radical (unpaired) electrons. The van der Waals surface area contributed by atoms with Gasteiger partial charge in [0, 0.05) is 24.3 Å². The Morgan fingerprint density at radius 2 is 2.24 bits per heavy atom. The van der Waals surface area contributed by atoms with Gasteiger partial charge in [-0.15, -0.1) is 0 Å². The summed E-state index contributed by atoms with van der Waals surface area (Å²) in [4.78, 5) is 6.81. The Bertz CT molecular complexity index is 438. The normalized spacial score (nSPS) is 28.0. The number of likely N-dealkylation sites (N-methyl/N-ethyl adjacent to an activating group) is 1. The number of fused-ring (bicyclic) bond motifs is 2. The van der Waals surface area contributed by atoms with Crippen molar-refractivity contribution in [1.82, 2.24) is 9.88 Å². The van der Waals surface area contributed by atoms with Crippen molar-refractivity contribution >= 4 is 5.57 Å². The van der Waals surface area contributed by atoms with Gasteiger partial charge in [0.25, 0.3) is 0 Å². The Morgan fingerprint density at radius 1 is 1.35 bits per heavy atom. The summed E-state index contributed by atoms with van der Waals surface area (Å²) in [5.74, 6) is 0.683. The van der Waals surface area contributed by atoms with Crippen LogP contribution in [0.25, 0.3) is 5.57 Å². The maximum absolute atomic E-state index is 5.10. The van der Waals surface area contributed by atoms with Crippen molar-refractivity contribution in [2.24, 2.45) is 0 Å². The number of pyridine rings is 1. The molecule has 3 rings (SSSR count). The van der Waals surface area contributed by atoms with Crippen LogP contribution in [0.1, 0.15) is 24.8 Å². The fourth-order valence-corrected chi connectivity index (χ4v) is 3.05. The van der Waals surface area contributed by atoms with Gasteiger partial charge in [0.05, 0.1) is 7.11 Å². The fourth-order valence-electron chi connectivity index (χ4n) is 3.05. The average molecular weight is 230 g/mol. The zero-order valence-corrected chi connectivity index (χ0v) is 10.4. The van der Waals surface area contributed by atoms with E-state index in [4.69, 9.17) is 4.74 Å². The number of hydrogen-bond donors (Lipinski definition) is 0. The van der Waals surface area contributed by atoms with Crippen LogP contribution in [-0.2, 0) is 0 Å². The number of methoxy groups -OCH3 is 1. The van der Waals surface area contributed by atoms with E-state index in [2.05, 4.69) is 29.1 Å². The molecule has 2 atom stereocenters. The monoisotopic (exact) mass is 230 g/mol. The zero-order valence-electron chi connectivity index (χ0n) is 10.4. The van der Waals surface area contributed by atoms with Gasteiger partial charge in [-0.3, -0.25) is 4.90 Å². The molecule has 0 amide bonds. The Kier molecular flexibility index (Phi) is 2.63. The van der Waals surface area contributed by atoms with E-state index in [0.717, 1.165) is 6.04 Å². The first kappa shape index (κ1) is 10.8. The molecule has 1 saturated heterocycles. The molecule has 1 aromatic heterocycles. The van der Waals surface area contributed by atoms with E-state index in [1.807, 2.05) is 12.3 Å². The molecule has 1 fully saturated rings. The molecule has 3 nitrogen and oxygen atoms in total. The van der Waals surface area contributed by atoms with Crippen LogP contribution in [0.15, 0.2) is 24.4 Å². The van der Waals surface area contributed by atoms with Gasteiger partial charge in [-0.25, -0.2) is 4.98 Å². The topological polar surface area (TPSA) is 25.4 Å². The summed E-state index contributed by atoms with van der Waals surface area (Å²) in [6, 6.07) is 5.40. The predicted molar refractivity (Wildman–Crippen MR) is 68.0 cm³/mol. The molecule has 2 aliphatic heterocycles. The van der Waals surface area contributed by atoms with E-state index in [1.165, 1.54) is 30.4 Å². The molecule has 90 valence electrons. The van der Waals surface area contributed by atoms with Crippen LogP contribution in [0.5, 0.6) is 5.88 Å². The van der Waals surface area contributed by atoms with Crippen LogP contribution in [0.3, 0.4) is 0 Å². The molecule has 1 aromatic rings. The van der Waals surface area contributed by atoms with Crippen LogP contribution in [-0.4, -0.2) is 36.1 Å². The van der Waals surface area contributed by atoms with E-state index in [0.29, 0.717) is 11.9 Å². The molecular formula is C14H18N2O. The van der Waals surface area contributed by atoms with Crippen molar-refractivity contribution in [3.8, 4) is 5.88 Å². The van der Waals surface area contributed by atoms with Crippen molar-refractivity contribution in [2.75, 3.05) is 14.2 Å². The lowest BCUT2D eigenvalue weighted by atomic mass is 9.96. The summed E-state index contributed by atoms with van der Waals surface area (Å²) in [5.41, 5.74) is 2.68. The summed E-state index contributed by atoms with van der Waals surface area (Å²) in [6.45, 7) is 0. The maximum Gasteiger partial charge on any atom is 0.212 e. The standard InChI is InChI=1S/C14H18N2O/c1-16-11-4-6-12(13(16)7-5-11)10-3-8-14(17-2)15-9-10/h3,6,8-9,11,13H,4-5,7H2,1-2H3/t11-,13-/m1/s1. The summed E-state index contributed by atoms with van der Waals surface area (Å²) in [6.07, 6.45) is 8.10. The SMILES string of the molecule is COc1ccc(C2=CC[C@@H]3CC[C@H]2N3C)cn1. The Balaban J connectivity index is 1.90. The molecule has 2 bridgehead atoms. The molecule has 0 unspecified atom stereocenters. The number of aromatic nitrogens is 1. The Hall–Kier alpha value is -1.35. The third-order valence-corrected chi connectivity index (χ3v) is 4.09. The van der Waals surface area contributed by atoms with Gasteiger partial charge >= 0.3 is 0 Å². The summed E-state index contributed by atoms with van der Waals surface area (Å²) >= 11 is 0. The second-order valence-corrected chi connectivity index (χ2v) is 4.90. The Labute approximate surface area is 102 Å². The molecule has 3 heterocycles. The van der Waals surface area contributed by atoms with Gasteiger partial charge in [0.15, 0.2) is 0 Å². The summed E-state index contributed by atoms with van der Waals surface area (Å²) in [5, 5.41) is 0. The lowest BCUT2D eigenvalue weighted by Gasteiger charge is -2.31. The second kappa shape index (κ2) is 4.15. The third-order valence-electron chi connectivity index (χ3n) is 4.09. The van der Waals surface area contributed by atoms with Crippen LogP contribution in [0, 0.1) is 0 Å². The highest BCUT2D eigenvalue weighted by Gasteiger charge is 2.35. The van der Waals surface area contributed by atoms with Crippen LogP contribution >= 0.6 is 0 Å². The lowest BCUT2D eigenvalue weighted by molar-refractivity contribution is 0.267. The largest absolute Gasteiger partial charge is 0.481 e. The minimum atomic E-state index is 0.587. The van der Waals surface area contributed by atoms with Gasteiger partial charge in [0.2, 0.25) is 5.88 Å². The molecule has 0 saturated carbocycles. The van der Waals surface area contributed by atoms with Gasteiger partial charge in [0.1, 0.15) is 0 Å². The van der Waals surface area contributed by atoms with Crippen LogP contribution in [0.2, 0.25) is 0 Å². The first-order valence-corrected chi connectivity index (χ1v) is 6.22. The number of hydrogen-bond acceptors (Lipinski definition) is 3. The van der Waals surface area contributed by atoms with Crippen molar-refractivity contribution in [3.63, 3.8) is 0 Å². The maximum atomic E-state index is 5.10. The molecule has 0 aromatic carbocycles. The Morgan fingerprint density at radius 3 is 2.94 bits per heavy atom.